The van der Waals surface area contributed by atoms with E-state index in [0.717, 1.165) is 36.7 Å². The van der Waals surface area contributed by atoms with Gasteiger partial charge in [0.25, 0.3) is 0 Å². The first kappa shape index (κ1) is 14.2. The fraction of sp³-hybridized carbons (Fsp3) is 0.400. The number of hydrogen-bond acceptors (Lipinski definition) is 5. The highest BCUT2D eigenvalue weighted by atomic mass is 16.5. The van der Waals surface area contributed by atoms with Gasteiger partial charge in [0.1, 0.15) is 0 Å². The number of unbranched alkanes of at least 4 members (excludes halogenated alkanes) is 2. The van der Waals surface area contributed by atoms with E-state index in [1.807, 2.05) is 30.5 Å². The molecule has 1 aromatic carbocycles. The van der Waals surface area contributed by atoms with Gasteiger partial charge in [-0.1, -0.05) is 24.6 Å². The van der Waals surface area contributed by atoms with Crippen molar-refractivity contribution < 1.29 is 9.53 Å². The second-order valence-electron chi connectivity index (χ2n) is 4.57. The molecule has 1 N–H and O–H groups in total. The molecule has 0 atom stereocenters. The van der Waals surface area contributed by atoms with Crippen LogP contribution in [0.3, 0.4) is 0 Å². The van der Waals surface area contributed by atoms with Crippen molar-refractivity contribution in [2.45, 2.75) is 25.7 Å². The van der Waals surface area contributed by atoms with Crippen LogP contribution in [0.5, 0.6) is 0 Å². The first-order valence-electron chi connectivity index (χ1n) is 6.82. The topological polar surface area (TPSA) is 64.1 Å². The number of rotatable bonds is 7. The molecule has 5 heteroatoms. The highest BCUT2D eigenvalue weighted by Crippen LogP contribution is 2.11. The molecule has 0 fully saturated rings. The van der Waals surface area contributed by atoms with Gasteiger partial charge in [0.2, 0.25) is 5.95 Å². The predicted molar refractivity (Wildman–Crippen MR) is 78.5 cm³/mol. The van der Waals surface area contributed by atoms with E-state index in [1.54, 1.807) is 0 Å². The van der Waals surface area contributed by atoms with Gasteiger partial charge in [-0.2, -0.15) is 0 Å². The first-order valence-corrected chi connectivity index (χ1v) is 6.82. The second-order valence-corrected chi connectivity index (χ2v) is 4.57. The maximum absolute atomic E-state index is 10.9. The van der Waals surface area contributed by atoms with Gasteiger partial charge in [-0.15, -0.1) is 0 Å². The van der Waals surface area contributed by atoms with Crippen LogP contribution in [0.15, 0.2) is 30.5 Å². The highest BCUT2D eigenvalue weighted by Gasteiger charge is 2.00. The normalized spacial score (nSPS) is 10.4. The van der Waals surface area contributed by atoms with Gasteiger partial charge in [-0.05, 0) is 18.9 Å². The molecule has 0 amide bonds. The number of methoxy groups -OCH3 is 1. The molecule has 0 aliphatic rings. The third-order valence-electron chi connectivity index (χ3n) is 3.06. The summed E-state index contributed by atoms with van der Waals surface area (Å²) in [6.45, 7) is 0.805. The summed E-state index contributed by atoms with van der Waals surface area (Å²) in [6, 6.07) is 7.90. The van der Waals surface area contributed by atoms with Crippen molar-refractivity contribution in [3.05, 3.63) is 30.5 Å². The van der Waals surface area contributed by atoms with Gasteiger partial charge in [0.05, 0.1) is 12.6 Å². The van der Waals surface area contributed by atoms with E-state index in [0.29, 0.717) is 12.4 Å². The van der Waals surface area contributed by atoms with Crippen molar-refractivity contribution in [1.82, 2.24) is 9.97 Å². The number of carbonyl (C=O) groups excluding carboxylic acids is 1. The van der Waals surface area contributed by atoms with Gasteiger partial charge >= 0.3 is 5.97 Å². The Balaban J connectivity index is 1.72. The summed E-state index contributed by atoms with van der Waals surface area (Å²) in [5, 5.41) is 4.24. The van der Waals surface area contributed by atoms with Crippen LogP contribution < -0.4 is 5.32 Å². The molecule has 1 heterocycles. The quantitative estimate of drug-likeness (QED) is 0.620. The molecule has 2 aromatic rings. The molecule has 0 unspecified atom stereocenters. The van der Waals surface area contributed by atoms with E-state index >= 15 is 0 Å². The third-order valence-corrected chi connectivity index (χ3v) is 3.06. The van der Waals surface area contributed by atoms with Gasteiger partial charge in [0, 0.05) is 24.5 Å². The summed E-state index contributed by atoms with van der Waals surface area (Å²) >= 11 is 0. The number of carbonyl (C=O) groups is 1. The van der Waals surface area contributed by atoms with Gasteiger partial charge in [0.15, 0.2) is 0 Å². The Morgan fingerprint density at radius 3 is 2.95 bits per heavy atom. The fourth-order valence-corrected chi connectivity index (χ4v) is 1.93. The molecule has 0 saturated heterocycles. The second kappa shape index (κ2) is 7.43. The minimum atomic E-state index is -0.143. The summed E-state index contributed by atoms with van der Waals surface area (Å²) in [5.41, 5.74) is 0.940. The molecule has 0 saturated carbocycles. The van der Waals surface area contributed by atoms with Gasteiger partial charge in [-0.25, -0.2) is 9.97 Å². The third kappa shape index (κ3) is 4.19. The van der Waals surface area contributed by atoms with Crippen LogP contribution in [0, 0.1) is 0 Å². The van der Waals surface area contributed by atoms with Crippen molar-refractivity contribution in [1.29, 1.82) is 0 Å². The summed E-state index contributed by atoms with van der Waals surface area (Å²) in [7, 11) is 1.42. The zero-order chi connectivity index (χ0) is 14.2. The number of benzene rings is 1. The fourth-order valence-electron chi connectivity index (χ4n) is 1.93. The van der Waals surface area contributed by atoms with Crippen molar-refractivity contribution in [3.63, 3.8) is 0 Å². The average molecular weight is 273 g/mol. The van der Waals surface area contributed by atoms with E-state index in [2.05, 4.69) is 20.0 Å². The van der Waals surface area contributed by atoms with Crippen LogP contribution in [0.25, 0.3) is 10.9 Å². The summed E-state index contributed by atoms with van der Waals surface area (Å²) in [4.78, 5) is 19.6. The molecule has 0 aliphatic heterocycles. The van der Waals surface area contributed by atoms with E-state index in [9.17, 15) is 4.79 Å². The van der Waals surface area contributed by atoms with Crippen molar-refractivity contribution in [2.75, 3.05) is 19.0 Å². The number of ether oxygens (including phenoxy) is 1. The van der Waals surface area contributed by atoms with Crippen LogP contribution in [0.1, 0.15) is 25.7 Å². The Kier molecular flexibility index (Phi) is 5.29. The molecular formula is C15H19N3O2. The van der Waals surface area contributed by atoms with E-state index in [1.165, 1.54) is 7.11 Å². The SMILES string of the molecule is COC(=O)CCCCCNc1ncc2ccccc2n1. The molecule has 1 aromatic heterocycles. The maximum Gasteiger partial charge on any atom is 0.305 e. The van der Waals surface area contributed by atoms with E-state index < -0.39 is 0 Å². The monoisotopic (exact) mass is 273 g/mol. The summed E-state index contributed by atoms with van der Waals surface area (Å²) < 4.78 is 4.59. The van der Waals surface area contributed by atoms with Gasteiger partial charge < -0.3 is 10.1 Å². The van der Waals surface area contributed by atoms with E-state index in [-0.39, 0.29) is 5.97 Å². The van der Waals surface area contributed by atoms with Crippen molar-refractivity contribution in [2.24, 2.45) is 0 Å². The molecule has 0 bridgehead atoms. The smallest absolute Gasteiger partial charge is 0.305 e. The lowest BCUT2D eigenvalue weighted by Gasteiger charge is -2.05. The molecule has 5 nitrogen and oxygen atoms in total. The Morgan fingerprint density at radius 1 is 1.25 bits per heavy atom. The van der Waals surface area contributed by atoms with Gasteiger partial charge in [-0.3, -0.25) is 4.79 Å². The molecule has 0 radical (unpaired) electrons. The Bertz CT molecular complexity index is 572. The number of esters is 1. The number of aromatic nitrogens is 2. The Hall–Kier alpha value is -2.17. The summed E-state index contributed by atoms with van der Waals surface area (Å²) in [6.07, 6.45) is 5.13. The minimum absolute atomic E-state index is 0.143. The Labute approximate surface area is 118 Å². The number of nitrogens with one attached hydrogen (secondary N) is 1. The number of nitrogens with zero attached hydrogens (tertiary/aromatic N) is 2. The first-order chi connectivity index (χ1) is 9.79. The van der Waals surface area contributed by atoms with E-state index in [4.69, 9.17) is 0 Å². The lowest BCUT2D eigenvalue weighted by atomic mass is 10.2. The lowest BCUT2D eigenvalue weighted by Crippen LogP contribution is -2.06. The molecule has 0 aliphatic carbocycles. The van der Waals surface area contributed by atoms with Crippen LogP contribution >= 0.6 is 0 Å². The molecule has 106 valence electrons. The van der Waals surface area contributed by atoms with Crippen molar-refractivity contribution in [3.8, 4) is 0 Å². The number of para-hydroxylation sites is 1. The van der Waals surface area contributed by atoms with Crippen LogP contribution in [0.4, 0.5) is 5.95 Å². The average Bonchev–Trinajstić information content (AvgIpc) is 2.50. The van der Waals surface area contributed by atoms with Crippen LogP contribution in [0.2, 0.25) is 0 Å². The highest BCUT2D eigenvalue weighted by molar-refractivity contribution is 5.78. The van der Waals surface area contributed by atoms with Crippen molar-refractivity contribution >= 4 is 22.8 Å². The zero-order valence-electron chi connectivity index (χ0n) is 11.6. The zero-order valence-corrected chi connectivity index (χ0v) is 11.6. The number of anilines is 1. The minimum Gasteiger partial charge on any atom is -0.469 e. The predicted octanol–water partition coefficient (Wildman–Crippen LogP) is 2.78. The molecular weight excluding hydrogens is 254 g/mol. The largest absolute Gasteiger partial charge is 0.469 e. The Morgan fingerprint density at radius 2 is 2.10 bits per heavy atom. The summed E-state index contributed by atoms with van der Waals surface area (Å²) in [5.74, 6) is 0.507. The molecule has 20 heavy (non-hydrogen) atoms. The molecule has 2 rings (SSSR count). The van der Waals surface area contributed by atoms with Crippen LogP contribution in [-0.2, 0) is 9.53 Å². The lowest BCUT2D eigenvalue weighted by molar-refractivity contribution is -0.140. The number of hydrogen-bond donors (Lipinski definition) is 1. The molecule has 0 spiro atoms. The number of fused-ring (bicyclic) bond motifs is 1. The maximum atomic E-state index is 10.9. The van der Waals surface area contributed by atoms with Crippen LogP contribution in [-0.4, -0.2) is 29.6 Å². The standard InChI is InChI=1S/C15H19N3O2/c1-20-14(19)9-3-2-6-10-16-15-17-11-12-7-4-5-8-13(12)18-15/h4-5,7-8,11H,2-3,6,9-10H2,1H3,(H,16,17,18).